The molecule has 2 aromatic carbocycles. The fourth-order valence-corrected chi connectivity index (χ4v) is 2.16. The molecule has 0 aliphatic heterocycles. The number of methoxy groups -OCH3 is 2. The largest absolute Gasteiger partial charge is 0.497 e. The number of anilines is 1. The van der Waals surface area contributed by atoms with E-state index in [0.717, 1.165) is 28.5 Å². The maximum Gasteiger partial charge on any atom is 0.166 e. The second-order valence-electron chi connectivity index (χ2n) is 5.20. The lowest BCUT2D eigenvalue weighted by atomic mass is 10.1. The molecule has 2 aromatic rings. The van der Waals surface area contributed by atoms with Crippen molar-refractivity contribution in [2.75, 3.05) is 19.5 Å². The van der Waals surface area contributed by atoms with Crippen LogP contribution in [0, 0.1) is 0 Å². The molecule has 0 aliphatic rings. The van der Waals surface area contributed by atoms with Gasteiger partial charge < -0.3 is 19.5 Å². The average molecular weight is 301 g/mol. The van der Waals surface area contributed by atoms with Gasteiger partial charge in [-0.2, -0.15) is 0 Å². The monoisotopic (exact) mass is 301 g/mol. The zero-order chi connectivity index (χ0) is 15.9. The van der Waals surface area contributed by atoms with Gasteiger partial charge in [-0.15, -0.1) is 0 Å². The first kappa shape index (κ1) is 16.0. The van der Waals surface area contributed by atoms with Gasteiger partial charge >= 0.3 is 0 Å². The zero-order valence-electron chi connectivity index (χ0n) is 13.6. The molecular weight excluding hydrogens is 278 g/mol. The Hall–Kier alpha value is -2.36. The van der Waals surface area contributed by atoms with Gasteiger partial charge in [0.15, 0.2) is 11.5 Å². The third kappa shape index (κ3) is 4.07. The molecule has 1 N–H and O–H groups in total. The van der Waals surface area contributed by atoms with Crippen LogP contribution in [0.15, 0.2) is 42.5 Å². The van der Waals surface area contributed by atoms with Crippen molar-refractivity contribution in [3.05, 3.63) is 48.0 Å². The molecule has 0 heterocycles. The standard InChI is InChI=1S/C18H23NO3/c1-13(2)22-18-14(7-5-10-17(18)21-4)12-19-15-8-6-9-16(11-15)20-3/h5-11,13,19H,12H2,1-4H3. The minimum atomic E-state index is 0.0897. The number of para-hydroxylation sites is 1. The van der Waals surface area contributed by atoms with Crippen molar-refractivity contribution in [2.24, 2.45) is 0 Å². The normalized spacial score (nSPS) is 10.4. The first-order valence-electron chi connectivity index (χ1n) is 7.34. The molecule has 0 atom stereocenters. The summed E-state index contributed by atoms with van der Waals surface area (Å²) < 4.78 is 16.5. The van der Waals surface area contributed by atoms with Gasteiger partial charge in [0.1, 0.15) is 5.75 Å². The smallest absolute Gasteiger partial charge is 0.166 e. The van der Waals surface area contributed by atoms with E-state index in [1.165, 1.54) is 0 Å². The van der Waals surface area contributed by atoms with E-state index in [9.17, 15) is 0 Å². The lowest BCUT2D eigenvalue weighted by Crippen LogP contribution is -2.10. The topological polar surface area (TPSA) is 39.7 Å². The minimum Gasteiger partial charge on any atom is -0.497 e. The summed E-state index contributed by atoms with van der Waals surface area (Å²) in [5.74, 6) is 2.36. The summed E-state index contributed by atoms with van der Waals surface area (Å²) >= 11 is 0. The third-order valence-corrected chi connectivity index (χ3v) is 3.19. The number of benzene rings is 2. The van der Waals surface area contributed by atoms with E-state index >= 15 is 0 Å². The fourth-order valence-electron chi connectivity index (χ4n) is 2.16. The summed E-state index contributed by atoms with van der Waals surface area (Å²) in [7, 11) is 3.32. The van der Waals surface area contributed by atoms with Crippen LogP contribution in [-0.4, -0.2) is 20.3 Å². The zero-order valence-corrected chi connectivity index (χ0v) is 13.6. The molecule has 118 valence electrons. The Bertz CT molecular complexity index is 611. The van der Waals surface area contributed by atoms with E-state index < -0.39 is 0 Å². The summed E-state index contributed by atoms with van der Waals surface area (Å²) in [6.07, 6.45) is 0.0897. The molecule has 0 radical (unpaired) electrons. The Morgan fingerprint density at radius 3 is 2.45 bits per heavy atom. The molecule has 2 rings (SSSR count). The number of rotatable bonds is 7. The van der Waals surface area contributed by atoms with Gasteiger partial charge in [-0.3, -0.25) is 0 Å². The lowest BCUT2D eigenvalue weighted by Gasteiger charge is -2.18. The molecule has 0 amide bonds. The van der Waals surface area contributed by atoms with Gasteiger partial charge in [0.2, 0.25) is 0 Å². The van der Waals surface area contributed by atoms with Crippen LogP contribution in [-0.2, 0) is 6.54 Å². The van der Waals surface area contributed by atoms with Crippen molar-refractivity contribution >= 4 is 5.69 Å². The third-order valence-electron chi connectivity index (χ3n) is 3.19. The van der Waals surface area contributed by atoms with Crippen LogP contribution in [0.3, 0.4) is 0 Å². The first-order chi connectivity index (χ1) is 10.6. The van der Waals surface area contributed by atoms with Crippen LogP contribution in [0.5, 0.6) is 17.2 Å². The predicted octanol–water partition coefficient (Wildman–Crippen LogP) is 4.10. The summed E-state index contributed by atoms with van der Waals surface area (Å²) in [6.45, 7) is 4.66. The van der Waals surface area contributed by atoms with Gasteiger partial charge in [0.05, 0.1) is 20.3 Å². The number of ether oxygens (including phenoxy) is 3. The molecule has 0 saturated carbocycles. The van der Waals surface area contributed by atoms with Crippen molar-refractivity contribution in [2.45, 2.75) is 26.5 Å². The molecule has 0 aromatic heterocycles. The Morgan fingerprint density at radius 2 is 1.77 bits per heavy atom. The summed E-state index contributed by atoms with van der Waals surface area (Å²) in [5, 5.41) is 3.39. The summed E-state index contributed by atoms with van der Waals surface area (Å²) in [5.41, 5.74) is 2.05. The van der Waals surface area contributed by atoms with E-state index in [0.29, 0.717) is 6.54 Å². The van der Waals surface area contributed by atoms with Crippen LogP contribution in [0.1, 0.15) is 19.4 Å². The molecule has 0 unspecified atom stereocenters. The van der Waals surface area contributed by atoms with E-state index in [1.807, 2.05) is 56.3 Å². The number of hydrogen-bond acceptors (Lipinski definition) is 4. The van der Waals surface area contributed by atoms with E-state index in [2.05, 4.69) is 5.32 Å². The Kier molecular flexibility index (Phi) is 5.53. The molecule has 0 saturated heterocycles. The van der Waals surface area contributed by atoms with Crippen LogP contribution in [0.25, 0.3) is 0 Å². The molecule has 0 spiro atoms. The quantitative estimate of drug-likeness (QED) is 0.835. The maximum absolute atomic E-state index is 5.91. The van der Waals surface area contributed by atoms with Crippen molar-refractivity contribution in [1.29, 1.82) is 0 Å². The SMILES string of the molecule is COc1cccc(NCc2cccc(OC)c2OC(C)C)c1. The highest BCUT2D eigenvalue weighted by Gasteiger charge is 2.12. The van der Waals surface area contributed by atoms with Gasteiger partial charge in [-0.05, 0) is 32.0 Å². The summed E-state index contributed by atoms with van der Waals surface area (Å²) in [6, 6.07) is 13.8. The fraction of sp³-hybridized carbons (Fsp3) is 0.333. The van der Waals surface area contributed by atoms with Crippen molar-refractivity contribution in [3.63, 3.8) is 0 Å². The van der Waals surface area contributed by atoms with Crippen LogP contribution in [0.4, 0.5) is 5.69 Å². The van der Waals surface area contributed by atoms with E-state index in [4.69, 9.17) is 14.2 Å². The number of hydrogen-bond donors (Lipinski definition) is 1. The van der Waals surface area contributed by atoms with Gasteiger partial charge in [-0.1, -0.05) is 18.2 Å². The molecule has 4 nitrogen and oxygen atoms in total. The van der Waals surface area contributed by atoms with Crippen molar-refractivity contribution in [3.8, 4) is 17.2 Å². The lowest BCUT2D eigenvalue weighted by molar-refractivity contribution is 0.228. The molecular formula is C18H23NO3. The molecule has 22 heavy (non-hydrogen) atoms. The van der Waals surface area contributed by atoms with Gasteiger partial charge in [-0.25, -0.2) is 0 Å². The minimum absolute atomic E-state index is 0.0897. The highest BCUT2D eigenvalue weighted by molar-refractivity contribution is 5.52. The first-order valence-corrected chi connectivity index (χ1v) is 7.34. The summed E-state index contributed by atoms with van der Waals surface area (Å²) in [4.78, 5) is 0. The van der Waals surface area contributed by atoms with E-state index in [-0.39, 0.29) is 6.10 Å². The Morgan fingerprint density at radius 1 is 1.00 bits per heavy atom. The second kappa shape index (κ2) is 7.59. The molecule has 4 heteroatoms. The van der Waals surface area contributed by atoms with Crippen LogP contribution < -0.4 is 19.5 Å². The van der Waals surface area contributed by atoms with Crippen molar-refractivity contribution in [1.82, 2.24) is 0 Å². The average Bonchev–Trinajstić information content (AvgIpc) is 2.53. The van der Waals surface area contributed by atoms with Gasteiger partial charge in [0, 0.05) is 23.9 Å². The molecule has 0 bridgehead atoms. The van der Waals surface area contributed by atoms with Gasteiger partial charge in [0.25, 0.3) is 0 Å². The van der Waals surface area contributed by atoms with Crippen LogP contribution >= 0.6 is 0 Å². The predicted molar refractivity (Wildman–Crippen MR) is 89.1 cm³/mol. The highest BCUT2D eigenvalue weighted by Crippen LogP contribution is 2.32. The maximum atomic E-state index is 5.91. The Balaban J connectivity index is 2.17. The number of nitrogens with one attached hydrogen (secondary N) is 1. The van der Waals surface area contributed by atoms with Crippen LogP contribution in [0.2, 0.25) is 0 Å². The molecule has 0 aliphatic carbocycles. The van der Waals surface area contributed by atoms with Crippen molar-refractivity contribution < 1.29 is 14.2 Å². The molecule has 0 fully saturated rings. The highest BCUT2D eigenvalue weighted by atomic mass is 16.5. The van der Waals surface area contributed by atoms with E-state index in [1.54, 1.807) is 14.2 Å². The second-order valence-corrected chi connectivity index (χ2v) is 5.20. The Labute approximate surface area is 132 Å².